The van der Waals surface area contributed by atoms with Crippen LogP contribution in [0.2, 0.25) is 5.02 Å². The third-order valence-electron chi connectivity index (χ3n) is 2.75. The van der Waals surface area contributed by atoms with Crippen molar-refractivity contribution in [1.29, 1.82) is 0 Å². The zero-order valence-corrected chi connectivity index (χ0v) is 12.6. The summed E-state index contributed by atoms with van der Waals surface area (Å²) in [6.07, 6.45) is 1.46. The van der Waals surface area contributed by atoms with Crippen molar-refractivity contribution >= 4 is 35.3 Å². The second-order valence-electron chi connectivity index (χ2n) is 4.57. The minimum Gasteiger partial charge on any atom is -0.318 e. The second kappa shape index (κ2) is 7.38. The molecule has 0 saturated heterocycles. The van der Waals surface area contributed by atoms with E-state index < -0.39 is 11.8 Å². The highest BCUT2D eigenvalue weighted by Gasteiger charge is 2.12. The summed E-state index contributed by atoms with van der Waals surface area (Å²) in [4.78, 5) is 23.3. The average molecular weight is 316 g/mol. The largest absolute Gasteiger partial charge is 0.329 e. The molecule has 0 aliphatic rings. The number of nitrogens with zero attached hydrogens (tertiary/aromatic N) is 1. The predicted octanol–water partition coefficient (Wildman–Crippen LogP) is 2.74. The van der Waals surface area contributed by atoms with Crippen LogP contribution in [0.1, 0.15) is 11.1 Å². The van der Waals surface area contributed by atoms with Gasteiger partial charge < -0.3 is 5.32 Å². The van der Waals surface area contributed by atoms with Crippen LogP contribution >= 0.6 is 11.6 Å². The Morgan fingerprint density at radius 3 is 2.50 bits per heavy atom. The van der Waals surface area contributed by atoms with Gasteiger partial charge in [0.2, 0.25) is 0 Å². The van der Waals surface area contributed by atoms with Gasteiger partial charge in [-0.15, -0.1) is 0 Å². The highest BCUT2D eigenvalue weighted by atomic mass is 35.5. The zero-order chi connectivity index (χ0) is 15.9. The van der Waals surface area contributed by atoms with E-state index in [1.165, 1.54) is 6.21 Å². The van der Waals surface area contributed by atoms with Gasteiger partial charge in [-0.1, -0.05) is 47.5 Å². The van der Waals surface area contributed by atoms with Gasteiger partial charge in [-0.2, -0.15) is 5.10 Å². The lowest BCUT2D eigenvalue weighted by molar-refractivity contribution is -0.136. The molecule has 6 heteroatoms. The Morgan fingerprint density at radius 2 is 1.82 bits per heavy atom. The molecule has 0 aliphatic carbocycles. The number of benzene rings is 2. The van der Waals surface area contributed by atoms with E-state index in [0.29, 0.717) is 10.7 Å². The molecule has 2 rings (SSSR count). The summed E-state index contributed by atoms with van der Waals surface area (Å²) in [5.41, 5.74) is 4.55. The second-order valence-corrected chi connectivity index (χ2v) is 5.01. The van der Waals surface area contributed by atoms with Crippen molar-refractivity contribution in [3.05, 3.63) is 64.7 Å². The van der Waals surface area contributed by atoms with Crippen molar-refractivity contribution in [3.8, 4) is 0 Å². The van der Waals surface area contributed by atoms with E-state index in [1.54, 1.807) is 24.3 Å². The summed E-state index contributed by atoms with van der Waals surface area (Å²) >= 11 is 5.80. The molecule has 0 heterocycles. The van der Waals surface area contributed by atoms with Crippen LogP contribution < -0.4 is 10.7 Å². The number of aryl methyl sites for hydroxylation is 1. The molecule has 2 amide bonds. The van der Waals surface area contributed by atoms with Crippen molar-refractivity contribution in [2.24, 2.45) is 5.10 Å². The molecule has 0 spiro atoms. The van der Waals surface area contributed by atoms with Crippen molar-refractivity contribution in [2.45, 2.75) is 6.92 Å². The summed E-state index contributed by atoms with van der Waals surface area (Å²) in [7, 11) is 0. The van der Waals surface area contributed by atoms with Crippen LogP contribution in [0.15, 0.2) is 53.6 Å². The summed E-state index contributed by atoms with van der Waals surface area (Å²) < 4.78 is 0. The number of halogens is 1. The average Bonchev–Trinajstić information content (AvgIpc) is 2.49. The lowest BCUT2D eigenvalue weighted by Gasteiger charge is -2.04. The summed E-state index contributed by atoms with van der Waals surface area (Å²) in [5, 5.41) is 6.64. The van der Waals surface area contributed by atoms with E-state index >= 15 is 0 Å². The lowest BCUT2D eigenvalue weighted by Crippen LogP contribution is -2.32. The Hall–Kier alpha value is -2.66. The number of carbonyl (C=O) groups excluding carboxylic acids is 2. The molecule has 0 aliphatic heterocycles. The molecular weight excluding hydrogens is 302 g/mol. The van der Waals surface area contributed by atoms with Crippen LogP contribution in [0.4, 0.5) is 5.69 Å². The highest BCUT2D eigenvalue weighted by Crippen LogP contribution is 2.14. The van der Waals surface area contributed by atoms with E-state index in [2.05, 4.69) is 15.8 Å². The van der Waals surface area contributed by atoms with Gasteiger partial charge in [0.25, 0.3) is 0 Å². The molecule has 112 valence electrons. The number of anilines is 1. The van der Waals surface area contributed by atoms with E-state index in [1.807, 2.05) is 31.2 Å². The van der Waals surface area contributed by atoms with Crippen LogP contribution in [-0.4, -0.2) is 18.0 Å². The van der Waals surface area contributed by atoms with Crippen molar-refractivity contribution in [3.63, 3.8) is 0 Å². The molecule has 0 atom stereocenters. The third-order valence-corrected chi connectivity index (χ3v) is 2.98. The summed E-state index contributed by atoms with van der Waals surface area (Å²) in [6.45, 7) is 1.98. The van der Waals surface area contributed by atoms with Gasteiger partial charge in [0.15, 0.2) is 0 Å². The van der Waals surface area contributed by atoms with Crippen LogP contribution in [0.3, 0.4) is 0 Å². The standard InChI is InChI=1S/C16H14ClN3O2/c1-11-5-7-12(8-6-11)10-18-20-16(22)15(21)19-14-4-2-3-13(17)9-14/h2-10H,1H3,(H,19,21)(H,20,22). The van der Waals surface area contributed by atoms with Crippen molar-refractivity contribution < 1.29 is 9.59 Å². The summed E-state index contributed by atoms with van der Waals surface area (Å²) in [5.74, 6) is -1.67. The normalized spacial score (nSPS) is 10.5. The first-order valence-electron chi connectivity index (χ1n) is 6.51. The number of hydrogen-bond acceptors (Lipinski definition) is 3. The molecule has 2 aromatic rings. The molecule has 0 aromatic heterocycles. The van der Waals surface area contributed by atoms with Crippen LogP contribution in [-0.2, 0) is 9.59 Å². The fourth-order valence-corrected chi connectivity index (χ4v) is 1.81. The molecule has 0 fully saturated rings. The first kappa shape index (κ1) is 15.7. The van der Waals surface area contributed by atoms with E-state index in [-0.39, 0.29) is 0 Å². The van der Waals surface area contributed by atoms with Gasteiger partial charge in [-0.25, -0.2) is 5.43 Å². The SMILES string of the molecule is Cc1ccc(C=NNC(=O)C(=O)Nc2cccc(Cl)c2)cc1. The first-order chi connectivity index (χ1) is 10.5. The molecule has 2 aromatic carbocycles. The number of amides is 2. The Balaban J connectivity index is 1.89. The lowest BCUT2D eigenvalue weighted by atomic mass is 10.2. The van der Waals surface area contributed by atoms with Gasteiger partial charge in [0, 0.05) is 10.7 Å². The highest BCUT2D eigenvalue weighted by molar-refractivity contribution is 6.39. The van der Waals surface area contributed by atoms with E-state index in [9.17, 15) is 9.59 Å². The predicted molar refractivity (Wildman–Crippen MR) is 87.0 cm³/mol. The first-order valence-corrected chi connectivity index (χ1v) is 6.89. The Bertz CT molecular complexity index is 712. The van der Waals surface area contributed by atoms with E-state index in [0.717, 1.165) is 11.1 Å². The van der Waals surface area contributed by atoms with Gasteiger partial charge in [-0.3, -0.25) is 9.59 Å². The maximum Gasteiger partial charge on any atom is 0.329 e. The smallest absolute Gasteiger partial charge is 0.318 e. The Morgan fingerprint density at radius 1 is 1.09 bits per heavy atom. The van der Waals surface area contributed by atoms with Crippen LogP contribution in [0, 0.1) is 6.92 Å². The maximum atomic E-state index is 11.7. The number of rotatable bonds is 3. The topological polar surface area (TPSA) is 70.6 Å². The Labute approximate surface area is 133 Å². The molecule has 0 radical (unpaired) electrons. The van der Waals surface area contributed by atoms with Gasteiger partial charge in [-0.05, 0) is 30.7 Å². The van der Waals surface area contributed by atoms with Gasteiger partial charge >= 0.3 is 11.8 Å². The quantitative estimate of drug-likeness (QED) is 0.519. The van der Waals surface area contributed by atoms with Gasteiger partial charge in [0.05, 0.1) is 6.21 Å². The molecule has 2 N–H and O–H groups in total. The Kier molecular flexibility index (Phi) is 5.27. The summed E-state index contributed by atoms with van der Waals surface area (Å²) in [6, 6.07) is 14.1. The number of hydrogen-bond donors (Lipinski definition) is 2. The fraction of sp³-hybridized carbons (Fsp3) is 0.0625. The number of carbonyl (C=O) groups is 2. The molecule has 5 nitrogen and oxygen atoms in total. The minimum absolute atomic E-state index is 0.440. The van der Waals surface area contributed by atoms with Crippen LogP contribution in [0.25, 0.3) is 0 Å². The monoisotopic (exact) mass is 315 g/mol. The zero-order valence-electron chi connectivity index (χ0n) is 11.8. The van der Waals surface area contributed by atoms with Crippen molar-refractivity contribution in [2.75, 3.05) is 5.32 Å². The maximum absolute atomic E-state index is 11.7. The number of nitrogens with one attached hydrogen (secondary N) is 2. The fourth-order valence-electron chi connectivity index (χ4n) is 1.62. The van der Waals surface area contributed by atoms with E-state index in [4.69, 9.17) is 11.6 Å². The van der Waals surface area contributed by atoms with Gasteiger partial charge in [0.1, 0.15) is 0 Å². The molecule has 0 bridgehead atoms. The molecular formula is C16H14ClN3O2. The molecule has 0 saturated carbocycles. The number of hydrazone groups is 1. The van der Waals surface area contributed by atoms with Crippen LogP contribution in [0.5, 0.6) is 0 Å². The minimum atomic E-state index is -0.858. The third kappa shape index (κ3) is 4.71. The molecule has 0 unspecified atom stereocenters. The molecule has 22 heavy (non-hydrogen) atoms. The van der Waals surface area contributed by atoms with Crippen molar-refractivity contribution in [1.82, 2.24) is 5.43 Å².